The van der Waals surface area contributed by atoms with Gasteiger partial charge in [0.2, 0.25) is 5.91 Å². The van der Waals surface area contributed by atoms with Crippen LogP contribution in [-0.4, -0.2) is 77.9 Å². The molecule has 1 saturated heterocycles. The molecule has 0 bridgehead atoms. The van der Waals surface area contributed by atoms with Crippen LogP contribution in [0.1, 0.15) is 60.8 Å². The zero-order valence-electron chi connectivity index (χ0n) is 25.5. The Hall–Kier alpha value is -4.15. The fraction of sp³-hybridized carbons (Fsp3) is 0.516. The molecule has 226 valence electrons. The zero-order valence-corrected chi connectivity index (χ0v) is 25.5. The van der Waals surface area contributed by atoms with Gasteiger partial charge in [0.25, 0.3) is 0 Å². The monoisotopic (exact) mass is 581 g/mol. The zero-order chi connectivity index (χ0) is 31.1. The number of likely N-dealkylation sites (tertiary alicyclic amines) is 1. The summed E-state index contributed by atoms with van der Waals surface area (Å²) in [5.74, 6) is -1.63. The summed E-state index contributed by atoms with van der Waals surface area (Å²) in [6.45, 7) is 14.9. The molecule has 2 fully saturated rings. The van der Waals surface area contributed by atoms with Gasteiger partial charge in [-0.3, -0.25) is 9.69 Å². The summed E-state index contributed by atoms with van der Waals surface area (Å²) in [7, 11) is 2.53. The highest BCUT2D eigenvalue weighted by molar-refractivity contribution is 5.96. The van der Waals surface area contributed by atoms with Gasteiger partial charge in [0, 0.05) is 23.8 Å². The number of carbonyl (C=O) groups excluding carboxylic acids is 4. The van der Waals surface area contributed by atoms with Gasteiger partial charge in [-0.25, -0.2) is 19.4 Å². The number of aromatic nitrogens is 1. The van der Waals surface area contributed by atoms with E-state index >= 15 is 0 Å². The van der Waals surface area contributed by atoms with Crippen molar-refractivity contribution in [2.45, 2.75) is 77.7 Å². The van der Waals surface area contributed by atoms with Gasteiger partial charge in [0.15, 0.2) is 5.69 Å². The third-order valence-electron chi connectivity index (χ3n) is 7.97. The lowest BCUT2D eigenvalue weighted by molar-refractivity contribution is -0.147. The topological polar surface area (TPSA) is 133 Å². The van der Waals surface area contributed by atoms with Crippen molar-refractivity contribution < 1.29 is 38.1 Å². The van der Waals surface area contributed by atoms with Crippen molar-refractivity contribution in [1.29, 1.82) is 0 Å². The van der Waals surface area contributed by atoms with E-state index in [1.807, 2.05) is 26.8 Å². The SMILES string of the molecule is C=C[C@@H]1C[C@]1(NC(=O)[C@@H]1C[C@@H](Oc2cc(C(=O)OC)nc3c(C)c(C)c(C)cc23)CN1C(=O)OC(C)(C)C)C(=O)OC. The Morgan fingerprint density at radius 2 is 1.79 bits per heavy atom. The summed E-state index contributed by atoms with van der Waals surface area (Å²) >= 11 is 0. The van der Waals surface area contributed by atoms with Crippen molar-refractivity contribution in [2.75, 3.05) is 20.8 Å². The first-order valence-corrected chi connectivity index (χ1v) is 13.8. The fourth-order valence-electron chi connectivity index (χ4n) is 5.38. The maximum atomic E-state index is 13.7. The quantitative estimate of drug-likeness (QED) is 0.293. The van der Waals surface area contributed by atoms with Crippen LogP contribution in [0.4, 0.5) is 4.79 Å². The molecule has 4 rings (SSSR count). The molecule has 0 radical (unpaired) electrons. The average molecular weight is 582 g/mol. The molecule has 2 aliphatic rings. The van der Waals surface area contributed by atoms with E-state index < -0.39 is 47.2 Å². The molecule has 2 amide bonds. The second-order valence-corrected chi connectivity index (χ2v) is 12.0. The van der Waals surface area contributed by atoms with Gasteiger partial charge in [-0.05, 0) is 70.7 Å². The van der Waals surface area contributed by atoms with Crippen LogP contribution in [0, 0.1) is 26.7 Å². The Morgan fingerprint density at radius 3 is 2.36 bits per heavy atom. The minimum Gasteiger partial charge on any atom is -0.488 e. The van der Waals surface area contributed by atoms with E-state index in [9.17, 15) is 19.2 Å². The average Bonchev–Trinajstić information content (AvgIpc) is 3.48. The summed E-state index contributed by atoms with van der Waals surface area (Å²) in [5.41, 5.74) is 1.59. The molecule has 42 heavy (non-hydrogen) atoms. The van der Waals surface area contributed by atoms with Crippen LogP contribution >= 0.6 is 0 Å². The molecular weight excluding hydrogens is 542 g/mol. The highest BCUT2D eigenvalue weighted by Gasteiger charge is 2.62. The van der Waals surface area contributed by atoms with Crippen LogP contribution in [0.25, 0.3) is 10.9 Å². The van der Waals surface area contributed by atoms with E-state index in [1.165, 1.54) is 25.2 Å². The number of esters is 2. The van der Waals surface area contributed by atoms with Gasteiger partial charge in [-0.15, -0.1) is 6.58 Å². The molecule has 1 N–H and O–H groups in total. The molecule has 1 aliphatic heterocycles. The number of hydrogen-bond donors (Lipinski definition) is 1. The normalized spacial score (nSPS) is 23.2. The third-order valence-corrected chi connectivity index (χ3v) is 7.97. The molecule has 0 spiro atoms. The van der Waals surface area contributed by atoms with E-state index in [0.29, 0.717) is 23.1 Å². The number of rotatable bonds is 7. The summed E-state index contributed by atoms with van der Waals surface area (Å²) in [6.07, 6.45) is 0.736. The number of benzene rings is 1. The summed E-state index contributed by atoms with van der Waals surface area (Å²) in [5, 5.41) is 3.51. The third kappa shape index (κ3) is 5.77. The Labute approximate surface area is 245 Å². The highest BCUT2D eigenvalue weighted by atomic mass is 16.6. The molecule has 1 aliphatic carbocycles. The number of hydrogen-bond acceptors (Lipinski definition) is 9. The van der Waals surface area contributed by atoms with Gasteiger partial charge in [-0.2, -0.15) is 0 Å². The van der Waals surface area contributed by atoms with E-state index in [2.05, 4.69) is 16.9 Å². The number of aryl methyl sites for hydroxylation is 2. The second kappa shape index (κ2) is 11.3. The first kappa shape index (κ1) is 30.8. The molecule has 0 unspecified atom stereocenters. The molecular formula is C31H39N3O8. The van der Waals surface area contributed by atoms with Crippen LogP contribution in [0.15, 0.2) is 24.8 Å². The number of nitrogens with zero attached hydrogens (tertiary/aromatic N) is 2. The Morgan fingerprint density at radius 1 is 1.10 bits per heavy atom. The van der Waals surface area contributed by atoms with E-state index in [0.717, 1.165) is 16.7 Å². The standard InChI is InChI=1S/C31H39N3O8/c1-10-19-14-31(19,28(37)40-9)33-26(35)23-12-20(15-34(23)29(38)42-30(5,6)7)41-24-13-22(27(36)39-8)32-25-18(4)17(3)16(2)11-21(24)25/h10-11,13,19-20,23H,1,12,14-15H2,2-9H3,(H,33,35)/t19-,20-,23+,31-/m1/s1. The number of carbonyl (C=O) groups is 4. The number of methoxy groups -OCH3 is 2. The lowest BCUT2D eigenvalue weighted by Gasteiger charge is -2.28. The smallest absolute Gasteiger partial charge is 0.411 e. The van der Waals surface area contributed by atoms with Gasteiger partial charge >= 0.3 is 18.0 Å². The molecule has 11 nitrogen and oxygen atoms in total. The molecule has 1 aromatic heterocycles. The molecule has 2 heterocycles. The van der Waals surface area contributed by atoms with Gasteiger partial charge in [-0.1, -0.05) is 6.08 Å². The summed E-state index contributed by atoms with van der Waals surface area (Å²) in [4.78, 5) is 57.9. The number of pyridine rings is 1. The minimum atomic E-state index is -1.23. The summed E-state index contributed by atoms with van der Waals surface area (Å²) < 4.78 is 21.9. The van der Waals surface area contributed by atoms with Gasteiger partial charge in [0.05, 0.1) is 26.3 Å². The Bertz CT molecular complexity index is 1460. The van der Waals surface area contributed by atoms with Crippen molar-refractivity contribution in [3.63, 3.8) is 0 Å². The number of amides is 2. The summed E-state index contributed by atoms with van der Waals surface area (Å²) in [6, 6.07) is 2.46. The van der Waals surface area contributed by atoms with Gasteiger partial charge in [0.1, 0.15) is 29.0 Å². The van der Waals surface area contributed by atoms with Crippen molar-refractivity contribution in [1.82, 2.24) is 15.2 Å². The van der Waals surface area contributed by atoms with Crippen LogP contribution < -0.4 is 10.1 Å². The Kier molecular flexibility index (Phi) is 8.26. The number of ether oxygens (including phenoxy) is 4. The van der Waals surface area contributed by atoms with Crippen LogP contribution in [0.2, 0.25) is 0 Å². The minimum absolute atomic E-state index is 0.0321. The van der Waals surface area contributed by atoms with Crippen LogP contribution in [0.5, 0.6) is 5.75 Å². The molecule has 11 heteroatoms. The maximum absolute atomic E-state index is 13.7. The van der Waals surface area contributed by atoms with Crippen LogP contribution in [-0.2, 0) is 23.8 Å². The Balaban J connectivity index is 1.69. The largest absolute Gasteiger partial charge is 0.488 e. The lowest BCUT2D eigenvalue weighted by Crippen LogP contribution is -2.53. The molecule has 2 aromatic rings. The fourth-order valence-corrected chi connectivity index (χ4v) is 5.38. The van der Waals surface area contributed by atoms with E-state index in [1.54, 1.807) is 26.8 Å². The number of nitrogens with one attached hydrogen (secondary N) is 1. The van der Waals surface area contributed by atoms with E-state index in [4.69, 9.17) is 18.9 Å². The van der Waals surface area contributed by atoms with Crippen molar-refractivity contribution >= 4 is 34.8 Å². The molecule has 1 saturated carbocycles. The predicted molar refractivity (Wildman–Crippen MR) is 154 cm³/mol. The number of fused-ring (bicyclic) bond motifs is 1. The first-order valence-electron chi connectivity index (χ1n) is 13.8. The van der Waals surface area contributed by atoms with Crippen molar-refractivity contribution in [3.05, 3.63) is 47.2 Å². The molecule has 4 atom stereocenters. The first-order chi connectivity index (χ1) is 19.6. The maximum Gasteiger partial charge on any atom is 0.411 e. The van der Waals surface area contributed by atoms with E-state index in [-0.39, 0.29) is 24.6 Å². The van der Waals surface area contributed by atoms with Crippen LogP contribution in [0.3, 0.4) is 0 Å². The highest BCUT2D eigenvalue weighted by Crippen LogP contribution is 2.45. The predicted octanol–water partition coefficient (Wildman–Crippen LogP) is 3.94. The van der Waals surface area contributed by atoms with Crippen molar-refractivity contribution in [3.8, 4) is 5.75 Å². The lowest BCUT2D eigenvalue weighted by atomic mass is 9.99. The van der Waals surface area contributed by atoms with Gasteiger partial charge < -0.3 is 24.3 Å². The van der Waals surface area contributed by atoms with Crippen molar-refractivity contribution in [2.24, 2.45) is 5.92 Å². The second-order valence-electron chi connectivity index (χ2n) is 12.0. The molecule has 1 aromatic carbocycles.